The molecule has 3 aromatic rings. The molecule has 3 rings (SSSR count). The Hall–Kier alpha value is -3.85. The number of anilines is 3. The molecule has 0 aliphatic carbocycles. The van der Waals surface area contributed by atoms with Crippen LogP contribution in [0.25, 0.3) is 0 Å². The number of phenolic OH excluding ortho intramolecular Hbond substituents is 1. The quantitative estimate of drug-likeness (QED) is 0.358. The molecule has 0 aromatic heterocycles. The summed E-state index contributed by atoms with van der Waals surface area (Å²) < 4.78 is 27.5. The van der Waals surface area contributed by atoms with Gasteiger partial charge in [0.05, 0.1) is 10.6 Å². The highest BCUT2D eigenvalue weighted by atomic mass is 32.2. The topological polar surface area (TPSA) is 125 Å². The molecule has 9 heteroatoms. The Bertz CT molecular complexity index is 1220. The Morgan fingerprint density at radius 2 is 1.26 bits per heavy atom. The lowest BCUT2D eigenvalue weighted by Crippen LogP contribution is -2.29. The SMILES string of the molecule is Cc1ccc(NC(=O)C(=O)Nc2ccc(S(=O)(=O)Nc3ccc(C)cc3)cc2O)cc1. The maximum Gasteiger partial charge on any atom is 0.314 e. The standard InChI is InChI=1S/C22H21N3O5S/c1-14-3-7-16(8-4-14)23-21(27)22(28)24-19-12-11-18(13-20(19)26)31(29,30)25-17-9-5-15(2)6-10-17/h3-13,25-26H,1-2H3,(H,23,27)(H,24,28). The van der Waals surface area contributed by atoms with Crippen LogP contribution in [-0.4, -0.2) is 25.3 Å². The third kappa shape index (κ3) is 5.61. The second kappa shape index (κ2) is 8.88. The fourth-order valence-corrected chi connectivity index (χ4v) is 3.70. The molecule has 3 aromatic carbocycles. The van der Waals surface area contributed by atoms with Gasteiger partial charge in [-0.05, 0) is 50.2 Å². The Morgan fingerprint density at radius 1 is 0.742 bits per heavy atom. The average molecular weight is 439 g/mol. The minimum atomic E-state index is -3.96. The number of aromatic hydroxyl groups is 1. The summed E-state index contributed by atoms with van der Waals surface area (Å²) in [6.45, 7) is 3.77. The number of rotatable bonds is 5. The number of benzene rings is 3. The normalized spacial score (nSPS) is 10.9. The van der Waals surface area contributed by atoms with Crippen molar-refractivity contribution < 1.29 is 23.1 Å². The van der Waals surface area contributed by atoms with Gasteiger partial charge in [-0.1, -0.05) is 35.4 Å². The predicted molar refractivity (Wildman–Crippen MR) is 119 cm³/mol. The van der Waals surface area contributed by atoms with Crippen LogP contribution in [0.4, 0.5) is 17.1 Å². The maximum atomic E-state index is 12.5. The van der Waals surface area contributed by atoms with Crippen LogP contribution in [0.15, 0.2) is 71.6 Å². The number of carbonyl (C=O) groups is 2. The summed E-state index contributed by atoms with van der Waals surface area (Å²) >= 11 is 0. The fraction of sp³-hybridized carbons (Fsp3) is 0.0909. The zero-order chi connectivity index (χ0) is 22.6. The van der Waals surface area contributed by atoms with Crippen LogP contribution >= 0.6 is 0 Å². The van der Waals surface area contributed by atoms with Gasteiger partial charge in [0.25, 0.3) is 10.0 Å². The largest absolute Gasteiger partial charge is 0.506 e. The first kappa shape index (κ1) is 21.8. The van der Waals surface area contributed by atoms with E-state index < -0.39 is 27.6 Å². The number of hydrogen-bond acceptors (Lipinski definition) is 5. The maximum absolute atomic E-state index is 12.5. The Balaban J connectivity index is 1.69. The van der Waals surface area contributed by atoms with Crippen LogP contribution in [-0.2, 0) is 19.6 Å². The van der Waals surface area contributed by atoms with Crippen molar-refractivity contribution in [2.45, 2.75) is 18.7 Å². The van der Waals surface area contributed by atoms with Crippen molar-refractivity contribution in [3.63, 3.8) is 0 Å². The molecule has 0 saturated heterocycles. The monoisotopic (exact) mass is 439 g/mol. The van der Waals surface area contributed by atoms with Gasteiger partial charge >= 0.3 is 11.8 Å². The summed E-state index contributed by atoms with van der Waals surface area (Å²) in [5.41, 5.74) is 2.69. The lowest BCUT2D eigenvalue weighted by atomic mass is 10.2. The number of hydrogen-bond donors (Lipinski definition) is 4. The van der Waals surface area contributed by atoms with Crippen molar-refractivity contribution in [2.24, 2.45) is 0 Å². The van der Waals surface area contributed by atoms with E-state index in [1.807, 2.05) is 13.8 Å². The highest BCUT2D eigenvalue weighted by Crippen LogP contribution is 2.27. The molecule has 2 amide bonds. The number of carbonyl (C=O) groups excluding carboxylic acids is 2. The molecule has 160 valence electrons. The fourth-order valence-electron chi connectivity index (χ4n) is 2.62. The zero-order valence-corrected chi connectivity index (χ0v) is 17.7. The lowest BCUT2D eigenvalue weighted by molar-refractivity contribution is -0.133. The summed E-state index contributed by atoms with van der Waals surface area (Å²) in [6.07, 6.45) is 0. The van der Waals surface area contributed by atoms with Gasteiger partial charge in [0.1, 0.15) is 5.75 Å². The third-order valence-electron chi connectivity index (χ3n) is 4.35. The van der Waals surface area contributed by atoms with Crippen molar-refractivity contribution in [3.8, 4) is 5.75 Å². The van der Waals surface area contributed by atoms with Crippen LogP contribution in [0.1, 0.15) is 11.1 Å². The van der Waals surface area contributed by atoms with E-state index >= 15 is 0 Å². The molecule has 0 fully saturated rings. The Morgan fingerprint density at radius 3 is 1.81 bits per heavy atom. The van der Waals surface area contributed by atoms with Gasteiger partial charge in [0.2, 0.25) is 0 Å². The van der Waals surface area contributed by atoms with Gasteiger partial charge in [-0.25, -0.2) is 8.42 Å². The first-order valence-electron chi connectivity index (χ1n) is 9.25. The van der Waals surface area contributed by atoms with E-state index in [0.29, 0.717) is 11.4 Å². The third-order valence-corrected chi connectivity index (χ3v) is 5.73. The molecule has 0 aliphatic rings. The molecular formula is C22H21N3O5S. The van der Waals surface area contributed by atoms with Gasteiger partial charge in [0, 0.05) is 17.4 Å². The molecule has 0 saturated carbocycles. The predicted octanol–water partition coefficient (Wildman–Crippen LogP) is 3.39. The molecular weight excluding hydrogens is 418 g/mol. The molecule has 0 aliphatic heterocycles. The summed E-state index contributed by atoms with van der Waals surface area (Å²) in [5.74, 6) is -2.44. The van der Waals surface area contributed by atoms with Crippen LogP contribution in [0.3, 0.4) is 0 Å². The highest BCUT2D eigenvalue weighted by Gasteiger charge is 2.19. The van der Waals surface area contributed by atoms with Crippen LogP contribution in [0.2, 0.25) is 0 Å². The number of phenols is 1. The van der Waals surface area contributed by atoms with E-state index in [-0.39, 0.29) is 10.6 Å². The molecule has 0 atom stereocenters. The van der Waals surface area contributed by atoms with Crippen molar-refractivity contribution >= 4 is 38.9 Å². The lowest BCUT2D eigenvalue weighted by Gasteiger charge is -2.11. The van der Waals surface area contributed by atoms with Gasteiger partial charge in [-0.2, -0.15) is 0 Å². The number of nitrogens with one attached hydrogen (secondary N) is 3. The summed E-state index contributed by atoms with van der Waals surface area (Å²) in [7, 11) is -3.96. The average Bonchev–Trinajstić information content (AvgIpc) is 2.72. The molecule has 0 spiro atoms. The summed E-state index contributed by atoms with van der Waals surface area (Å²) in [6, 6.07) is 17.0. The molecule has 4 N–H and O–H groups in total. The van der Waals surface area contributed by atoms with E-state index in [9.17, 15) is 23.1 Å². The van der Waals surface area contributed by atoms with E-state index in [1.165, 1.54) is 12.1 Å². The smallest absolute Gasteiger partial charge is 0.314 e. The molecule has 0 radical (unpaired) electrons. The van der Waals surface area contributed by atoms with Crippen molar-refractivity contribution in [2.75, 3.05) is 15.4 Å². The van der Waals surface area contributed by atoms with Gasteiger partial charge in [-0.15, -0.1) is 0 Å². The van der Waals surface area contributed by atoms with E-state index in [0.717, 1.165) is 17.2 Å². The van der Waals surface area contributed by atoms with Gasteiger partial charge in [-0.3, -0.25) is 14.3 Å². The summed E-state index contributed by atoms with van der Waals surface area (Å²) in [5, 5.41) is 14.9. The van der Waals surface area contributed by atoms with Crippen molar-refractivity contribution in [1.82, 2.24) is 0 Å². The Kier molecular flexibility index (Phi) is 6.26. The molecule has 0 heterocycles. The van der Waals surface area contributed by atoms with Gasteiger partial charge in [0.15, 0.2) is 0 Å². The van der Waals surface area contributed by atoms with E-state index in [4.69, 9.17) is 0 Å². The molecule has 31 heavy (non-hydrogen) atoms. The summed E-state index contributed by atoms with van der Waals surface area (Å²) in [4.78, 5) is 24.0. The number of sulfonamides is 1. The Labute approximate surface area is 180 Å². The number of amides is 2. The van der Waals surface area contributed by atoms with Crippen LogP contribution < -0.4 is 15.4 Å². The minimum Gasteiger partial charge on any atom is -0.506 e. The van der Waals surface area contributed by atoms with Crippen LogP contribution in [0, 0.1) is 13.8 Å². The first-order valence-corrected chi connectivity index (χ1v) is 10.7. The molecule has 8 nitrogen and oxygen atoms in total. The molecule has 0 bridgehead atoms. The van der Waals surface area contributed by atoms with Crippen molar-refractivity contribution in [1.29, 1.82) is 0 Å². The highest BCUT2D eigenvalue weighted by molar-refractivity contribution is 7.92. The van der Waals surface area contributed by atoms with Crippen LogP contribution in [0.5, 0.6) is 5.75 Å². The zero-order valence-electron chi connectivity index (χ0n) is 16.8. The molecule has 0 unspecified atom stereocenters. The second-order valence-electron chi connectivity index (χ2n) is 6.92. The second-order valence-corrected chi connectivity index (χ2v) is 8.61. The number of aryl methyl sites for hydroxylation is 2. The van der Waals surface area contributed by atoms with E-state index in [1.54, 1.807) is 48.5 Å². The van der Waals surface area contributed by atoms with Gasteiger partial charge < -0.3 is 15.7 Å². The minimum absolute atomic E-state index is 0.0988. The van der Waals surface area contributed by atoms with Crippen molar-refractivity contribution in [3.05, 3.63) is 77.9 Å². The first-order chi connectivity index (χ1) is 14.6. The van der Waals surface area contributed by atoms with E-state index in [2.05, 4.69) is 15.4 Å².